The van der Waals surface area contributed by atoms with Crippen molar-refractivity contribution < 1.29 is 9.21 Å². The minimum Gasteiger partial charge on any atom is -0.469 e. The van der Waals surface area contributed by atoms with E-state index in [0.29, 0.717) is 12.5 Å². The molecule has 1 heterocycles. The van der Waals surface area contributed by atoms with Crippen LogP contribution in [0.2, 0.25) is 0 Å². The molecule has 1 amide bonds. The van der Waals surface area contributed by atoms with Gasteiger partial charge < -0.3 is 20.0 Å². The zero-order valence-electron chi connectivity index (χ0n) is 17.1. The average molecular weight is 498 g/mol. The van der Waals surface area contributed by atoms with Crippen molar-refractivity contribution in [2.75, 3.05) is 27.2 Å². The summed E-state index contributed by atoms with van der Waals surface area (Å²) in [6, 6.07) is 12.4. The zero-order valence-corrected chi connectivity index (χ0v) is 19.4. The molecule has 0 aliphatic heterocycles. The van der Waals surface area contributed by atoms with Gasteiger partial charge in [-0.25, -0.2) is 4.99 Å². The predicted octanol–water partition coefficient (Wildman–Crippen LogP) is 3.39. The minimum atomic E-state index is -0.0397. The van der Waals surface area contributed by atoms with E-state index in [2.05, 4.69) is 53.7 Å². The molecule has 2 rings (SSSR count). The number of nitrogens with one attached hydrogen (secondary N) is 2. The van der Waals surface area contributed by atoms with Crippen molar-refractivity contribution in [1.29, 1.82) is 0 Å². The van der Waals surface area contributed by atoms with Crippen LogP contribution in [-0.2, 0) is 17.6 Å². The number of guanidine groups is 1. The first kappa shape index (κ1) is 24.0. The fraction of sp³-hybridized carbons (Fsp3) is 0.429. The Kier molecular flexibility index (Phi) is 10.7. The second kappa shape index (κ2) is 12.4. The Bertz CT molecular complexity index is 727. The fourth-order valence-corrected chi connectivity index (χ4v) is 2.53. The van der Waals surface area contributed by atoms with Crippen molar-refractivity contribution in [3.8, 4) is 0 Å². The summed E-state index contributed by atoms with van der Waals surface area (Å²) in [4.78, 5) is 17.9. The summed E-state index contributed by atoms with van der Waals surface area (Å²) in [5, 5.41) is 6.67. The molecule has 1 aromatic carbocycles. The van der Waals surface area contributed by atoms with Crippen LogP contribution >= 0.6 is 24.0 Å². The number of halogens is 1. The third-order valence-electron chi connectivity index (χ3n) is 4.36. The summed E-state index contributed by atoms with van der Waals surface area (Å²) in [7, 11) is 3.46. The lowest BCUT2D eigenvalue weighted by atomic mass is 10.1. The third-order valence-corrected chi connectivity index (χ3v) is 4.36. The number of hydrogen-bond acceptors (Lipinski definition) is 3. The number of nitrogens with zero attached hydrogens (tertiary/aromatic N) is 2. The molecule has 2 aromatic rings. The van der Waals surface area contributed by atoms with Crippen LogP contribution in [0.3, 0.4) is 0 Å². The molecule has 0 saturated heterocycles. The number of likely N-dealkylation sites (N-methyl/N-ethyl adjacent to an activating group) is 1. The van der Waals surface area contributed by atoms with E-state index in [4.69, 9.17) is 4.42 Å². The van der Waals surface area contributed by atoms with E-state index in [9.17, 15) is 4.79 Å². The third kappa shape index (κ3) is 7.92. The molecule has 1 atom stereocenters. The molecule has 0 aliphatic carbocycles. The summed E-state index contributed by atoms with van der Waals surface area (Å²) in [5.74, 6) is 1.49. The Hall–Kier alpha value is -2.03. The second-order valence-corrected chi connectivity index (χ2v) is 6.67. The zero-order chi connectivity index (χ0) is 19.6. The van der Waals surface area contributed by atoms with Crippen molar-refractivity contribution in [1.82, 2.24) is 15.5 Å². The van der Waals surface area contributed by atoms with Crippen molar-refractivity contribution in [3.05, 3.63) is 59.5 Å². The second-order valence-electron chi connectivity index (χ2n) is 6.67. The van der Waals surface area contributed by atoms with Gasteiger partial charge in [-0.05, 0) is 36.6 Å². The number of aliphatic imine (C=N–C) groups is 1. The number of benzene rings is 1. The molecule has 6 nitrogen and oxygen atoms in total. The number of furan rings is 1. The van der Waals surface area contributed by atoms with Crippen molar-refractivity contribution in [2.45, 2.75) is 32.7 Å². The van der Waals surface area contributed by atoms with Gasteiger partial charge in [0.05, 0.1) is 12.3 Å². The number of carbonyl (C=O) groups excluding carboxylic acids is 1. The van der Waals surface area contributed by atoms with Crippen molar-refractivity contribution in [2.24, 2.45) is 4.99 Å². The van der Waals surface area contributed by atoms with E-state index in [-0.39, 0.29) is 42.5 Å². The maximum Gasteiger partial charge on any atom is 0.243 e. The van der Waals surface area contributed by atoms with E-state index in [1.165, 1.54) is 16.0 Å². The van der Waals surface area contributed by atoms with Crippen LogP contribution in [0.4, 0.5) is 0 Å². The highest BCUT2D eigenvalue weighted by atomic mass is 127. The molecule has 0 spiro atoms. The van der Waals surface area contributed by atoms with Gasteiger partial charge >= 0.3 is 0 Å². The van der Waals surface area contributed by atoms with Crippen LogP contribution in [0.5, 0.6) is 0 Å². The summed E-state index contributed by atoms with van der Waals surface area (Å²) >= 11 is 0. The van der Waals surface area contributed by atoms with Crippen LogP contribution < -0.4 is 10.6 Å². The van der Waals surface area contributed by atoms with Crippen LogP contribution in [0, 0.1) is 0 Å². The lowest BCUT2D eigenvalue weighted by molar-refractivity contribution is -0.127. The first-order valence-electron chi connectivity index (χ1n) is 9.35. The topological polar surface area (TPSA) is 69.9 Å². The van der Waals surface area contributed by atoms with Gasteiger partial charge in [0.2, 0.25) is 5.91 Å². The molecule has 154 valence electrons. The van der Waals surface area contributed by atoms with Crippen LogP contribution in [0.1, 0.15) is 36.8 Å². The van der Waals surface area contributed by atoms with Gasteiger partial charge in [-0.15, -0.1) is 24.0 Å². The van der Waals surface area contributed by atoms with Crippen LogP contribution in [0.25, 0.3) is 0 Å². The normalized spacial score (nSPS) is 12.1. The van der Waals surface area contributed by atoms with Gasteiger partial charge in [0.15, 0.2) is 5.96 Å². The van der Waals surface area contributed by atoms with Gasteiger partial charge in [-0.1, -0.05) is 31.2 Å². The molecule has 2 N–H and O–H groups in total. The Balaban J connectivity index is 0.00000392. The Morgan fingerprint density at radius 3 is 2.50 bits per heavy atom. The lowest BCUT2D eigenvalue weighted by Crippen LogP contribution is -2.40. The van der Waals surface area contributed by atoms with Gasteiger partial charge in [0.25, 0.3) is 0 Å². The number of rotatable bonds is 8. The van der Waals surface area contributed by atoms with E-state index in [1.807, 2.05) is 12.1 Å². The quantitative estimate of drug-likeness (QED) is 0.333. The molecular weight excluding hydrogens is 467 g/mol. The largest absolute Gasteiger partial charge is 0.469 e. The summed E-state index contributed by atoms with van der Waals surface area (Å²) in [5.41, 5.74) is 2.49. The minimum absolute atomic E-state index is 0. The summed E-state index contributed by atoms with van der Waals surface area (Å²) in [6.45, 7) is 4.99. The van der Waals surface area contributed by atoms with Crippen molar-refractivity contribution >= 4 is 35.8 Å². The SMILES string of the molecule is CCc1ccc(C(C)NC(=NCC(=O)N(C)C)NCCc2ccco2)cc1.I. The van der Waals surface area contributed by atoms with Gasteiger partial charge in [-0.2, -0.15) is 0 Å². The number of hydrogen-bond donors (Lipinski definition) is 2. The molecule has 0 aliphatic rings. The highest BCUT2D eigenvalue weighted by Crippen LogP contribution is 2.13. The molecule has 7 heteroatoms. The van der Waals surface area contributed by atoms with Gasteiger partial charge in [-0.3, -0.25) is 4.79 Å². The first-order valence-corrected chi connectivity index (χ1v) is 9.35. The molecule has 1 aromatic heterocycles. The molecule has 0 bridgehead atoms. The number of carbonyl (C=O) groups is 1. The Morgan fingerprint density at radius 2 is 1.93 bits per heavy atom. The summed E-state index contributed by atoms with van der Waals surface area (Å²) in [6.07, 6.45) is 3.44. The highest BCUT2D eigenvalue weighted by molar-refractivity contribution is 14.0. The number of aryl methyl sites for hydroxylation is 1. The smallest absolute Gasteiger partial charge is 0.243 e. The van der Waals surface area contributed by atoms with E-state index in [1.54, 1.807) is 20.4 Å². The first-order chi connectivity index (χ1) is 13.0. The molecule has 0 saturated carbocycles. The number of amides is 1. The van der Waals surface area contributed by atoms with Gasteiger partial charge in [0, 0.05) is 27.1 Å². The molecule has 1 unspecified atom stereocenters. The monoisotopic (exact) mass is 498 g/mol. The standard InChI is InChI=1S/C21H30N4O2.HI/c1-5-17-8-10-18(11-9-17)16(2)24-21(23-15-20(26)25(3)4)22-13-12-19-7-6-14-27-19;/h6-11,14,16H,5,12-13,15H2,1-4H3,(H2,22,23,24);1H. The van der Waals surface area contributed by atoms with Gasteiger partial charge in [0.1, 0.15) is 12.3 Å². The van der Waals surface area contributed by atoms with E-state index >= 15 is 0 Å². The van der Waals surface area contributed by atoms with Crippen LogP contribution in [0.15, 0.2) is 52.1 Å². The van der Waals surface area contributed by atoms with Crippen LogP contribution in [-0.4, -0.2) is 44.0 Å². The maximum atomic E-state index is 11.9. The Labute approximate surface area is 184 Å². The Morgan fingerprint density at radius 1 is 1.21 bits per heavy atom. The maximum absolute atomic E-state index is 11.9. The molecule has 0 fully saturated rings. The lowest BCUT2D eigenvalue weighted by Gasteiger charge is -2.19. The molecule has 0 radical (unpaired) electrons. The predicted molar refractivity (Wildman–Crippen MR) is 124 cm³/mol. The van der Waals surface area contributed by atoms with E-state index in [0.717, 1.165) is 18.6 Å². The summed E-state index contributed by atoms with van der Waals surface area (Å²) < 4.78 is 5.36. The average Bonchev–Trinajstić information content (AvgIpc) is 3.19. The van der Waals surface area contributed by atoms with Crippen molar-refractivity contribution in [3.63, 3.8) is 0 Å². The fourth-order valence-electron chi connectivity index (χ4n) is 2.53. The molecular formula is C21H31IN4O2. The highest BCUT2D eigenvalue weighted by Gasteiger charge is 2.10. The molecule has 28 heavy (non-hydrogen) atoms. The van der Waals surface area contributed by atoms with E-state index < -0.39 is 0 Å².